The summed E-state index contributed by atoms with van der Waals surface area (Å²) >= 11 is 4.77. The van der Waals surface area contributed by atoms with E-state index in [4.69, 9.17) is 0 Å². The van der Waals surface area contributed by atoms with E-state index < -0.39 is 10.0 Å². The first kappa shape index (κ1) is 14.5. The Balaban J connectivity index is 2.19. The molecule has 2 heterocycles. The molecular formula is C11H17BrN2O2S2. The maximum Gasteiger partial charge on any atom is 0.242 e. The van der Waals surface area contributed by atoms with Crippen LogP contribution in [0.15, 0.2) is 14.7 Å². The number of aryl methyl sites for hydroxylation is 1. The monoisotopic (exact) mass is 352 g/mol. The van der Waals surface area contributed by atoms with Gasteiger partial charge in [0.15, 0.2) is 0 Å². The first-order valence-corrected chi connectivity index (χ1v) is 8.98. The van der Waals surface area contributed by atoms with Crippen LogP contribution >= 0.6 is 27.3 Å². The zero-order chi connectivity index (χ0) is 13.3. The summed E-state index contributed by atoms with van der Waals surface area (Å²) in [5.41, 5.74) is 0. The molecule has 2 N–H and O–H groups in total. The van der Waals surface area contributed by atoms with Gasteiger partial charge >= 0.3 is 0 Å². The van der Waals surface area contributed by atoms with Crippen LogP contribution in [0.3, 0.4) is 0 Å². The molecule has 2 atom stereocenters. The lowest BCUT2D eigenvalue weighted by atomic mass is 9.96. The van der Waals surface area contributed by atoms with Gasteiger partial charge in [-0.3, -0.25) is 0 Å². The highest BCUT2D eigenvalue weighted by Gasteiger charge is 2.28. The smallest absolute Gasteiger partial charge is 0.242 e. The fourth-order valence-corrected chi connectivity index (χ4v) is 5.87. The zero-order valence-corrected chi connectivity index (χ0v) is 13.6. The molecule has 1 saturated heterocycles. The Morgan fingerprint density at radius 3 is 2.83 bits per heavy atom. The first-order chi connectivity index (χ1) is 8.40. The third kappa shape index (κ3) is 3.14. The fraction of sp³-hybridized carbons (Fsp3) is 0.636. The molecule has 0 spiro atoms. The second kappa shape index (κ2) is 5.58. The normalized spacial score (nSPS) is 25.3. The van der Waals surface area contributed by atoms with E-state index in [0.29, 0.717) is 17.4 Å². The number of halogens is 1. The van der Waals surface area contributed by atoms with Crippen molar-refractivity contribution < 1.29 is 8.42 Å². The van der Waals surface area contributed by atoms with Crippen LogP contribution < -0.4 is 10.0 Å². The van der Waals surface area contributed by atoms with E-state index in [-0.39, 0.29) is 6.04 Å². The van der Waals surface area contributed by atoms with Crippen molar-refractivity contribution in [3.8, 4) is 0 Å². The summed E-state index contributed by atoms with van der Waals surface area (Å²) in [6.45, 7) is 5.57. The standard InChI is InChI=1S/C11H17BrN2O2S2/c1-7-3-4-13-6-9(7)14-18(15,16)10-5-11(12)17-8(10)2/h5,7,9,13-14H,3-4,6H2,1-2H3. The Hall–Kier alpha value is 0.0500. The minimum atomic E-state index is -3.41. The molecule has 0 aromatic carbocycles. The van der Waals surface area contributed by atoms with E-state index in [1.165, 1.54) is 11.3 Å². The lowest BCUT2D eigenvalue weighted by Gasteiger charge is -2.29. The summed E-state index contributed by atoms with van der Waals surface area (Å²) in [5, 5.41) is 3.23. The van der Waals surface area contributed by atoms with Crippen molar-refractivity contribution in [3.63, 3.8) is 0 Å². The van der Waals surface area contributed by atoms with E-state index in [2.05, 4.69) is 32.9 Å². The second-order valence-electron chi connectivity index (χ2n) is 4.67. The van der Waals surface area contributed by atoms with Gasteiger partial charge in [-0.2, -0.15) is 0 Å². The summed E-state index contributed by atoms with van der Waals surface area (Å²) in [7, 11) is -3.41. The van der Waals surface area contributed by atoms with E-state index in [0.717, 1.165) is 21.6 Å². The SMILES string of the molecule is Cc1sc(Br)cc1S(=O)(=O)NC1CNCCC1C. The molecule has 18 heavy (non-hydrogen) atoms. The molecule has 1 aliphatic rings. The molecule has 0 radical (unpaired) electrons. The molecule has 0 saturated carbocycles. The van der Waals surface area contributed by atoms with Crippen LogP contribution in [-0.2, 0) is 10.0 Å². The van der Waals surface area contributed by atoms with E-state index in [1.807, 2.05) is 6.92 Å². The van der Waals surface area contributed by atoms with Gasteiger partial charge < -0.3 is 5.32 Å². The number of sulfonamides is 1. The third-order valence-electron chi connectivity index (χ3n) is 3.27. The Kier molecular flexibility index (Phi) is 4.48. The molecule has 1 aromatic rings. The van der Waals surface area contributed by atoms with E-state index in [1.54, 1.807) is 6.07 Å². The predicted molar refractivity (Wildman–Crippen MR) is 77.5 cm³/mol. The Labute approximate surface area is 120 Å². The van der Waals surface area contributed by atoms with Crippen molar-refractivity contribution in [2.75, 3.05) is 13.1 Å². The molecule has 7 heteroatoms. The van der Waals surface area contributed by atoms with Crippen molar-refractivity contribution in [1.29, 1.82) is 0 Å². The molecule has 1 aliphatic heterocycles. The highest BCUT2D eigenvalue weighted by Crippen LogP contribution is 2.30. The van der Waals surface area contributed by atoms with Crippen LogP contribution in [0.5, 0.6) is 0 Å². The van der Waals surface area contributed by atoms with Crippen molar-refractivity contribution >= 4 is 37.3 Å². The van der Waals surface area contributed by atoms with Crippen LogP contribution in [0.1, 0.15) is 18.2 Å². The van der Waals surface area contributed by atoms with Gasteiger partial charge in [-0.25, -0.2) is 13.1 Å². The van der Waals surface area contributed by atoms with Gasteiger partial charge in [0, 0.05) is 17.5 Å². The molecule has 2 unspecified atom stereocenters. The summed E-state index contributed by atoms with van der Waals surface area (Å²) in [5.74, 6) is 0.364. The molecule has 0 amide bonds. The van der Waals surface area contributed by atoms with Gasteiger partial charge in [-0.1, -0.05) is 6.92 Å². The van der Waals surface area contributed by atoms with Crippen molar-refractivity contribution in [3.05, 3.63) is 14.7 Å². The highest BCUT2D eigenvalue weighted by molar-refractivity contribution is 9.11. The summed E-state index contributed by atoms with van der Waals surface area (Å²) in [4.78, 5) is 1.20. The number of thiophene rings is 1. The number of nitrogens with one attached hydrogen (secondary N) is 2. The lowest BCUT2D eigenvalue weighted by Crippen LogP contribution is -2.50. The van der Waals surface area contributed by atoms with Gasteiger partial charge in [0.25, 0.3) is 0 Å². The maximum absolute atomic E-state index is 12.3. The summed E-state index contributed by atoms with van der Waals surface area (Å²) < 4.78 is 28.3. The molecular weight excluding hydrogens is 336 g/mol. The van der Waals surface area contributed by atoms with Gasteiger partial charge in [0.05, 0.1) is 8.68 Å². The van der Waals surface area contributed by atoms with Crippen LogP contribution in [0, 0.1) is 12.8 Å². The predicted octanol–water partition coefficient (Wildman–Crippen LogP) is 2.10. The lowest BCUT2D eigenvalue weighted by molar-refractivity contribution is 0.327. The summed E-state index contributed by atoms with van der Waals surface area (Å²) in [6, 6.07) is 1.64. The zero-order valence-electron chi connectivity index (χ0n) is 10.4. The average molecular weight is 353 g/mol. The Morgan fingerprint density at radius 2 is 2.28 bits per heavy atom. The quantitative estimate of drug-likeness (QED) is 0.875. The molecule has 0 aliphatic carbocycles. The van der Waals surface area contributed by atoms with Crippen LogP contribution in [0.2, 0.25) is 0 Å². The number of hydrogen-bond acceptors (Lipinski definition) is 4. The van der Waals surface area contributed by atoms with Gasteiger partial charge in [-0.05, 0) is 47.8 Å². The Morgan fingerprint density at radius 1 is 1.56 bits per heavy atom. The average Bonchev–Trinajstić information content (AvgIpc) is 2.62. The van der Waals surface area contributed by atoms with Crippen LogP contribution in [0.4, 0.5) is 0 Å². The minimum Gasteiger partial charge on any atom is -0.315 e. The third-order valence-corrected chi connectivity index (χ3v) is 6.56. The molecule has 4 nitrogen and oxygen atoms in total. The van der Waals surface area contributed by atoms with E-state index >= 15 is 0 Å². The number of piperidine rings is 1. The first-order valence-electron chi connectivity index (χ1n) is 5.89. The largest absolute Gasteiger partial charge is 0.315 e. The molecule has 1 aromatic heterocycles. The number of hydrogen-bond donors (Lipinski definition) is 2. The molecule has 0 bridgehead atoms. The fourth-order valence-electron chi connectivity index (χ4n) is 2.11. The maximum atomic E-state index is 12.3. The van der Waals surface area contributed by atoms with Gasteiger partial charge in [-0.15, -0.1) is 11.3 Å². The molecule has 2 rings (SSSR count). The Bertz CT molecular complexity index is 527. The van der Waals surface area contributed by atoms with Crippen molar-refractivity contribution in [2.24, 2.45) is 5.92 Å². The molecule has 1 fully saturated rings. The highest BCUT2D eigenvalue weighted by atomic mass is 79.9. The molecule has 102 valence electrons. The second-order valence-corrected chi connectivity index (χ2v) is 8.99. The minimum absolute atomic E-state index is 0.0261. The van der Waals surface area contributed by atoms with Gasteiger partial charge in [0.1, 0.15) is 0 Å². The van der Waals surface area contributed by atoms with Crippen molar-refractivity contribution in [1.82, 2.24) is 10.0 Å². The van der Waals surface area contributed by atoms with E-state index in [9.17, 15) is 8.42 Å². The van der Waals surface area contributed by atoms with Gasteiger partial charge in [0.2, 0.25) is 10.0 Å². The van der Waals surface area contributed by atoms with Crippen molar-refractivity contribution in [2.45, 2.75) is 31.2 Å². The van der Waals surface area contributed by atoms with Crippen LogP contribution in [-0.4, -0.2) is 27.5 Å². The topological polar surface area (TPSA) is 58.2 Å². The van der Waals surface area contributed by atoms with Crippen LogP contribution in [0.25, 0.3) is 0 Å². The summed E-state index contributed by atoms with van der Waals surface area (Å²) in [6.07, 6.45) is 1.000. The number of rotatable bonds is 3.